The van der Waals surface area contributed by atoms with E-state index in [-0.39, 0.29) is 5.92 Å². The first kappa shape index (κ1) is 19.8. The van der Waals surface area contributed by atoms with Gasteiger partial charge in [0.05, 0.1) is 5.92 Å². The molecule has 3 rings (SSSR count). The van der Waals surface area contributed by atoms with Crippen LogP contribution in [0.1, 0.15) is 42.7 Å². The highest BCUT2D eigenvalue weighted by atomic mass is 79.9. The number of carbonyl (C=O) groups is 1. The first-order chi connectivity index (χ1) is 12.4. The lowest BCUT2D eigenvalue weighted by Gasteiger charge is -2.31. The second-order valence-corrected chi connectivity index (χ2v) is 9.32. The van der Waals surface area contributed by atoms with Crippen molar-refractivity contribution >= 4 is 32.2 Å². The zero-order valence-corrected chi connectivity index (χ0v) is 17.2. The molecule has 0 radical (unpaired) electrons. The van der Waals surface area contributed by atoms with Gasteiger partial charge in [0.25, 0.3) is 0 Å². The van der Waals surface area contributed by atoms with E-state index in [2.05, 4.69) is 28.1 Å². The Morgan fingerprint density at radius 1 is 1.19 bits per heavy atom. The fourth-order valence-electron chi connectivity index (χ4n) is 3.49. The summed E-state index contributed by atoms with van der Waals surface area (Å²) in [7, 11) is -4.02. The molecule has 26 heavy (non-hydrogen) atoms. The Hall–Kier alpha value is -0.960. The second kappa shape index (κ2) is 8.37. The van der Waals surface area contributed by atoms with Crippen LogP contribution in [0.5, 0.6) is 0 Å². The fraction of sp³-hybridized carbons (Fsp3) is 0.611. The van der Waals surface area contributed by atoms with Gasteiger partial charge in [0.2, 0.25) is 0 Å². The highest BCUT2D eigenvalue weighted by molar-refractivity contribution is 9.10. The van der Waals surface area contributed by atoms with Crippen LogP contribution in [0.15, 0.2) is 22.7 Å². The molecule has 0 aliphatic carbocycles. The summed E-state index contributed by atoms with van der Waals surface area (Å²) in [6.45, 7) is 3.71. The molecule has 8 heteroatoms. The Morgan fingerprint density at radius 3 is 2.46 bits per heavy atom. The SMILES string of the molecule is Cc1cc(C2CCN(S(=O)(=O)OC(=O)C3CCOCC3)CC2)ccc1Br. The minimum absolute atomic E-state index is 0.319. The highest BCUT2D eigenvalue weighted by Gasteiger charge is 2.34. The summed E-state index contributed by atoms with van der Waals surface area (Å²) in [4.78, 5) is 12.1. The number of aryl methyl sites for hydroxylation is 1. The lowest BCUT2D eigenvalue weighted by atomic mass is 9.89. The van der Waals surface area contributed by atoms with Crippen molar-refractivity contribution < 1.29 is 22.1 Å². The van der Waals surface area contributed by atoms with Crippen LogP contribution < -0.4 is 0 Å². The van der Waals surface area contributed by atoms with Crippen LogP contribution in [0.3, 0.4) is 0 Å². The van der Waals surface area contributed by atoms with Gasteiger partial charge in [-0.1, -0.05) is 28.1 Å². The Bertz CT molecular complexity index is 753. The summed E-state index contributed by atoms with van der Waals surface area (Å²) >= 11 is 3.50. The lowest BCUT2D eigenvalue weighted by molar-refractivity contribution is -0.141. The van der Waals surface area contributed by atoms with Crippen LogP contribution in [0.4, 0.5) is 0 Å². The minimum atomic E-state index is -4.02. The Labute approximate surface area is 163 Å². The number of ether oxygens (including phenoxy) is 1. The van der Waals surface area contributed by atoms with Gasteiger partial charge in [-0.2, -0.15) is 12.7 Å². The van der Waals surface area contributed by atoms with Gasteiger partial charge < -0.3 is 8.92 Å². The molecule has 0 spiro atoms. The van der Waals surface area contributed by atoms with Crippen LogP contribution in [0, 0.1) is 12.8 Å². The van der Waals surface area contributed by atoms with E-state index in [4.69, 9.17) is 8.92 Å². The smallest absolute Gasteiger partial charge is 0.381 e. The van der Waals surface area contributed by atoms with Crippen molar-refractivity contribution in [1.82, 2.24) is 4.31 Å². The summed E-state index contributed by atoms with van der Waals surface area (Å²) in [5.41, 5.74) is 2.39. The van der Waals surface area contributed by atoms with Crippen molar-refractivity contribution in [2.24, 2.45) is 5.92 Å². The van der Waals surface area contributed by atoms with Crippen molar-refractivity contribution in [3.63, 3.8) is 0 Å². The molecule has 2 fully saturated rings. The highest BCUT2D eigenvalue weighted by Crippen LogP contribution is 2.31. The van der Waals surface area contributed by atoms with Crippen LogP contribution in [-0.4, -0.2) is 45.0 Å². The Kier molecular flexibility index (Phi) is 6.37. The summed E-state index contributed by atoms with van der Waals surface area (Å²) < 4.78 is 37.3. The summed E-state index contributed by atoms with van der Waals surface area (Å²) in [6, 6.07) is 6.25. The predicted molar refractivity (Wildman–Crippen MR) is 101 cm³/mol. The molecule has 0 atom stereocenters. The average Bonchev–Trinajstić information content (AvgIpc) is 2.64. The third-order valence-corrected chi connectivity index (χ3v) is 7.43. The number of hydrogen-bond acceptors (Lipinski definition) is 5. The standard InChI is InChI=1S/C18H24BrNO5S/c1-13-12-16(2-3-17(13)19)14-4-8-20(9-5-14)26(22,23)25-18(21)15-6-10-24-11-7-15/h2-3,12,14-15H,4-11H2,1H3. The maximum Gasteiger partial charge on any atom is 0.387 e. The van der Waals surface area contributed by atoms with Gasteiger partial charge in [0.15, 0.2) is 0 Å². The summed E-state index contributed by atoms with van der Waals surface area (Å²) in [5.74, 6) is -0.722. The van der Waals surface area contributed by atoms with Crippen molar-refractivity contribution in [2.75, 3.05) is 26.3 Å². The maximum atomic E-state index is 12.4. The van der Waals surface area contributed by atoms with E-state index in [0.717, 1.165) is 17.3 Å². The Balaban J connectivity index is 1.57. The zero-order valence-electron chi connectivity index (χ0n) is 14.8. The van der Waals surface area contributed by atoms with E-state index in [9.17, 15) is 13.2 Å². The maximum absolute atomic E-state index is 12.4. The summed E-state index contributed by atoms with van der Waals surface area (Å²) in [6.07, 6.45) is 2.46. The average molecular weight is 446 g/mol. The molecule has 0 aromatic heterocycles. The largest absolute Gasteiger partial charge is 0.387 e. The molecule has 2 heterocycles. The van der Waals surface area contributed by atoms with Crippen molar-refractivity contribution in [3.8, 4) is 0 Å². The molecule has 2 aliphatic rings. The van der Waals surface area contributed by atoms with Gasteiger partial charge in [-0.05, 0) is 55.7 Å². The van der Waals surface area contributed by atoms with E-state index in [1.54, 1.807) is 0 Å². The number of hydrogen-bond donors (Lipinski definition) is 0. The molecule has 2 aliphatic heterocycles. The van der Waals surface area contributed by atoms with Crippen LogP contribution in [-0.2, 0) is 24.0 Å². The molecule has 0 amide bonds. The molecule has 0 unspecified atom stereocenters. The van der Waals surface area contributed by atoms with Crippen molar-refractivity contribution in [2.45, 2.75) is 38.5 Å². The molecule has 0 saturated carbocycles. The second-order valence-electron chi connectivity index (χ2n) is 6.93. The first-order valence-corrected chi connectivity index (χ1v) is 11.1. The molecular formula is C18H24BrNO5S. The quantitative estimate of drug-likeness (QED) is 0.711. The summed E-state index contributed by atoms with van der Waals surface area (Å²) in [5, 5.41) is 0. The molecule has 0 bridgehead atoms. The van der Waals surface area contributed by atoms with Gasteiger partial charge in [0, 0.05) is 30.8 Å². The van der Waals surface area contributed by atoms with Crippen LogP contribution in [0.2, 0.25) is 0 Å². The molecule has 0 N–H and O–H groups in total. The van der Waals surface area contributed by atoms with Crippen molar-refractivity contribution in [1.29, 1.82) is 0 Å². The normalized spacial score (nSPS) is 20.8. The predicted octanol–water partition coefficient (Wildman–Crippen LogP) is 3.15. The molecule has 1 aromatic rings. The third kappa shape index (κ3) is 4.65. The van der Waals surface area contributed by atoms with Crippen molar-refractivity contribution in [3.05, 3.63) is 33.8 Å². The van der Waals surface area contributed by atoms with E-state index >= 15 is 0 Å². The van der Waals surface area contributed by atoms with E-state index < -0.39 is 16.3 Å². The number of nitrogens with zero attached hydrogens (tertiary/aromatic N) is 1. The van der Waals surface area contributed by atoms with Crippen LogP contribution >= 0.6 is 15.9 Å². The molecule has 1 aromatic carbocycles. The van der Waals surface area contributed by atoms with E-state index in [1.165, 1.54) is 15.4 Å². The number of halogens is 1. The molecule has 2 saturated heterocycles. The Morgan fingerprint density at radius 2 is 1.85 bits per heavy atom. The number of rotatable bonds is 4. The topological polar surface area (TPSA) is 72.9 Å². The zero-order chi connectivity index (χ0) is 18.7. The van der Waals surface area contributed by atoms with Gasteiger partial charge in [-0.25, -0.2) is 0 Å². The monoisotopic (exact) mass is 445 g/mol. The number of piperidine rings is 1. The number of benzene rings is 1. The third-order valence-electron chi connectivity index (χ3n) is 5.17. The lowest BCUT2D eigenvalue weighted by Crippen LogP contribution is -2.41. The van der Waals surface area contributed by atoms with Gasteiger partial charge in [0.1, 0.15) is 0 Å². The molecular weight excluding hydrogens is 422 g/mol. The van der Waals surface area contributed by atoms with Crippen LogP contribution in [0.25, 0.3) is 0 Å². The van der Waals surface area contributed by atoms with E-state index in [1.807, 2.05) is 13.0 Å². The van der Waals surface area contributed by atoms with Gasteiger partial charge in [-0.3, -0.25) is 4.79 Å². The van der Waals surface area contributed by atoms with Gasteiger partial charge in [-0.15, -0.1) is 0 Å². The number of carbonyl (C=O) groups excluding carboxylic acids is 1. The molecule has 6 nitrogen and oxygen atoms in total. The first-order valence-electron chi connectivity index (χ1n) is 8.94. The van der Waals surface area contributed by atoms with Gasteiger partial charge >= 0.3 is 16.3 Å². The molecule has 144 valence electrons. The minimum Gasteiger partial charge on any atom is -0.381 e. The van der Waals surface area contributed by atoms with E-state index in [0.29, 0.717) is 45.1 Å². The fourth-order valence-corrected chi connectivity index (χ4v) is 4.85.